The van der Waals surface area contributed by atoms with E-state index in [1.54, 1.807) is 0 Å². The van der Waals surface area contributed by atoms with E-state index >= 15 is 0 Å². The van der Waals surface area contributed by atoms with Crippen molar-refractivity contribution >= 4 is 11.7 Å². The quantitative estimate of drug-likeness (QED) is 0.477. The van der Waals surface area contributed by atoms with Gasteiger partial charge in [-0.2, -0.15) is 0 Å². The molecule has 22 heavy (non-hydrogen) atoms. The van der Waals surface area contributed by atoms with Crippen LogP contribution in [0.2, 0.25) is 0 Å². The molecule has 0 bridgehead atoms. The van der Waals surface area contributed by atoms with Crippen molar-refractivity contribution in [2.45, 2.75) is 85.1 Å². The molecule has 0 saturated heterocycles. The molecule has 2 atom stereocenters. The van der Waals surface area contributed by atoms with E-state index in [0.29, 0.717) is 18.4 Å². The van der Waals surface area contributed by atoms with Crippen molar-refractivity contribution in [2.75, 3.05) is 13.1 Å². The van der Waals surface area contributed by atoms with Crippen LogP contribution in [0.1, 0.15) is 81.9 Å². The monoisotopic (exact) mass is 316 g/mol. The molecule has 0 saturated carbocycles. The fourth-order valence-corrected chi connectivity index (χ4v) is 2.13. The Kier molecular flexibility index (Phi) is 13.2. The zero-order chi connectivity index (χ0) is 16.8. The average molecular weight is 317 g/mol. The highest BCUT2D eigenvalue weighted by atomic mass is 16.2. The zero-order valence-electron chi connectivity index (χ0n) is 15.0. The SMILES string of the molecule is CCC(C)NCC(=O)NCCCCCCCC(=O)C(C)CC.[HH].[HH]. The number of carbonyl (C=O) groups excluding carboxylic acids is 2. The van der Waals surface area contributed by atoms with Crippen molar-refractivity contribution in [1.82, 2.24) is 10.6 Å². The normalized spacial score (nSPS) is 13.6. The Morgan fingerprint density at radius 2 is 1.59 bits per heavy atom. The number of unbranched alkanes of at least 4 members (excludes halogenated alkanes) is 4. The van der Waals surface area contributed by atoms with E-state index in [0.717, 1.165) is 57.9 Å². The first-order valence-corrected chi connectivity index (χ1v) is 9.04. The summed E-state index contributed by atoms with van der Waals surface area (Å²) in [6.45, 7) is 9.43. The van der Waals surface area contributed by atoms with Crippen molar-refractivity contribution in [3.63, 3.8) is 0 Å². The second-order valence-electron chi connectivity index (χ2n) is 6.33. The van der Waals surface area contributed by atoms with Crippen molar-refractivity contribution in [1.29, 1.82) is 0 Å². The van der Waals surface area contributed by atoms with Crippen molar-refractivity contribution in [3.8, 4) is 0 Å². The molecule has 0 aromatic rings. The van der Waals surface area contributed by atoms with Crippen LogP contribution < -0.4 is 10.6 Å². The number of carbonyl (C=O) groups is 2. The van der Waals surface area contributed by atoms with Gasteiger partial charge >= 0.3 is 0 Å². The van der Waals surface area contributed by atoms with Gasteiger partial charge < -0.3 is 10.6 Å². The largest absolute Gasteiger partial charge is 0.355 e. The number of hydrogen-bond donors (Lipinski definition) is 2. The third-order valence-electron chi connectivity index (χ3n) is 4.31. The molecule has 0 aromatic heterocycles. The van der Waals surface area contributed by atoms with Crippen LogP contribution in [0.3, 0.4) is 0 Å². The first-order chi connectivity index (χ1) is 10.5. The van der Waals surface area contributed by atoms with Gasteiger partial charge in [-0.1, -0.05) is 40.0 Å². The fraction of sp³-hybridized carbons (Fsp3) is 0.889. The Balaban J connectivity index is -0.00000220. The molecule has 0 rings (SSSR count). The van der Waals surface area contributed by atoms with E-state index in [9.17, 15) is 9.59 Å². The second-order valence-corrected chi connectivity index (χ2v) is 6.33. The molecule has 0 aliphatic heterocycles. The number of ketones is 1. The number of rotatable bonds is 14. The van der Waals surface area contributed by atoms with E-state index in [4.69, 9.17) is 0 Å². The van der Waals surface area contributed by atoms with Gasteiger partial charge in [-0.15, -0.1) is 0 Å². The summed E-state index contributed by atoms with van der Waals surface area (Å²) in [7, 11) is 0. The van der Waals surface area contributed by atoms with Crippen LogP contribution in [0.5, 0.6) is 0 Å². The highest BCUT2D eigenvalue weighted by Crippen LogP contribution is 2.10. The van der Waals surface area contributed by atoms with Gasteiger partial charge in [0.25, 0.3) is 0 Å². The number of hydrogen-bond acceptors (Lipinski definition) is 3. The Morgan fingerprint density at radius 1 is 0.955 bits per heavy atom. The number of Topliss-reactive ketones (excluding diaryl/α,β-unsaturated/α-hetero) is 1. The summed E-state index contributed by atoms with van der Waals surface area (Å²) >= 11 is 0. The Morgan fingerprint density at radius 3 is 2.23 bits per heavy atom. The maximum Gasteiger partial charge on any atom is 0.233 e. The van der Waals surface area contributed by atoms with Crippen molar-refractivity contribution in [2.24, 2.45) is 5.92 Å². The summed E-state index contributed by atoms with van der Waals surface area (Å²) in [4.78, 5) is 23.2. The first-order valence-electron chi connectivity index (χ1n) is 9.04. The standard InChI is InChI=1S/C18H36N2O2.2H2/c1-5-15(3)17(21)12-10-8-7-9-11-13-19-18(22)14-20-16(4)6-2;;/h15-16,20H,5-14H2,1-4H3,(H,19,22);2*1H. The molecule has 4 nitrogen and oxygen atoms in total. The molecule has 1 amide bonds. The van der Waals surface area contributed by atoms with Gasteiger partial charge in [-0.25, -0.2) is 0 Å². The third-order valence-corrected chi connectivity index (χ3v) is 4.31. The molecule has 2 unspecified atom stereocenters. The van der Waals surface area contributed by atoms with E-state index in [1.807, 2.05) is 6.92 Å². The van der Waals surface area contributed by atoms with E-state index in [2.05, 4.69) is 31.4 Å². The minimum absolute atomic E-state index is 0. The summed E-state index contributed by atoms with van der Waals surface area (Å²) in [6, 6.07) is 0.392. The predicted molar refractivity (Wildman–Crippen MR) is 97.2 cm³/mol. The second kappa shape index (κ2) is 13.7. The maximum atomic E-state index is 11.7. The van der Waals surface area contributed by atoms with Crippen LogP contribution in [0, 0.1) is 5.92 Å². The molecule has 0 aliphatic rings. The van der Waals surface area contributed by atoms with Gasteiger partial charge in [0.15, 0.2) is 0 Å². The first kappa shape index (κ1) is 21.1. The minimum Gasteiger partial charge on any atom is -0.355 e. The lowest BCUT2D eigenvalue weighted by molar-refractivity contribution is -0.122. The molecule has 4 heteroatoms. The fourth-order valence-electron chi connectivity index (χ4n) is 2.13. The van der Waals surface area contributed by atoms with Crippen LogP contribution >= 0.6 is 0 Å². The van der Waals surface area contributed by atoms with Gasteiger partial charge in [0, 0.05) is 27.8 Å². The summed E-state index contributed by atoms with van der Waals surface area (Å²) in [5.74, 6) is 0.710. The molecule has 2 N–H and O–H groups in total. The van der Waals surface area contributed by atoms with Gasteiger partial charge in [-0.05, 0) is 32.6 Å². The summed E-state index contributed by atoms with van der Waals surface area (Å²) in [6.07, 6.45) is 8.13. The van der Waals surface area contributed by atoms with Gasteiger partial charge in [-0.3, -0.25) is 9.59 Å². The number of nitrogens with one attached hydrogen (secondary N) is 2. The Bertz CT molecular complexity index is 315. The highest BCUT2D eigenvalue weighted by molar-refractivity contribution is 5.80. The van der Waals surface area contributed by atoms with Gasteiger partial charge in [0.1, 0.15) is 5.78 Å². The molecule has 0 fully saturated rings. The topological polar surface area (TPSA) is 58.2 Å². The minimum atomic E-state index is 0. The maximum absolute atomic E-state index is 11.7. The molecule has 0 aliphatic carbocycles. The molecule has 134 valence electrons. The summed E-state index contributed by atoms with van der Waals surface area (Å²) in [5, 5.41) is 6.12. The molecule has 0 aromatic carbocycles. The van der Waals surface area contributed by atoms with Crippen LogP contribution in [0.15, 0.2) is 0 Å². The van der Waals surface area contributed by atoms with Crippen LogP contribution in [-0.4, -0.2) is 30.8 Å². The van der Waals surface area contributed by atoms with Crippen LogP contribution in [0.4, 0.5) is 0 Å². The van der Waals surface area contributed by atoms with Gasteiger partial charge in [0.05, 0.1) is 6.54 Å². The number of amides is 1. The Labute approximate surface area is 139 Å². The van der Waals surface area contributed by atoms with Gasteiger partial charge in [0.2, 0.25) is 5.91 Å². The predicted octanol–water partition coefficient (Wildman–Crippen LogP) is 3.94. The smallest absolute Gasteiger partial charge is 0.233 e. The molecule has 0 heterocycles. The summed E-state index contributed by atoms with van der Waals surface area (Å²) in [5.41, 5.74) is 0. The van der Waals surface area contributed by atoms with E-state index in [1.165, 1.54) is 0 Å². The molecular formula is C18H40N2O2. The Hall–Kier alpha value is -0.900. The lowest BCUT2D eigenvalue weighted by Gasteiger charge is -2.11. The van der Waals surface area contributed by atoms with Crippen LogP contribution in [-0.2, 0) is 9.59 Å². The highest BCUT2D eigenvalue weighted by Gasteiger charge is 2.09. The molecular weight excluding hydrogens is 276 g/mol. The molecule has 0 spiro atoms. The van der Waals surface area contributed by atoms with E-state index in [-0.39, 0.29) is 14.7 Å². The van der Waals surface area contributed by atoms with E-state index < -0.39 is 0 Å². The third kappa shape index (κ3) is 11.7. The van der Waals surface area contributed by atoms with Crippen molar-refractivity contribution < 1.29 is 12.4 Å². The summed E-state index contributed by atoms with van der Waals surface area (Å²) < 4.78 is 0. The van der Waals surface area contributed by atoms with Crippen molar-refractivity contribution in [3.05, 3.63) is 0 Å². The average Bonchev–Trinajstić information content (AvgIpc) is 2.53. The lowest BCUT2D eigenvalue weighted by Crippen LogP contribution is -2.38. The zero-order valence-corrected chi connectivity index (χ0v) is 15.0. The van der Waals surface area contributed by atoms with Crippen LogP contribution in [0.25, 0.3) is 0 Å². The molecule has 0 radical (unpaired) electrons. The lowest BCUT2D eigenvalue weighted by atomic mass is 9.98.